The maximum Gasteiger partial charge on any atom is 0.240 e. The van der Waals surface area contributed by atoms with Crippen LogP contribution in [0.4, 0.5) is 15.8 Å². The molecule has 0 radical (unpaired) electrons. The van der Waals surface area contributed by atoms with Crippen molar-refractivity contribution in [3.63, 3.8) is 0 Å². The van der Waals surface area contributed by atoms with Crippen LogP contribution in [0.2, 0.25) is 5.02 Å². The first-order valence-electron chi connectivity index (χ1n) is 7.78. The van der Waals surface area contributed by atoms with Crippen LogP contribution in [0.3, 0.4) is 0 Å². The number of aliphatic imine (C=N–C) groups is 1. The van der Waals surface area contributed by atoms with Crippen molar-refractivity contribution in [3.05, 3.63) is 58.9 Å². The van der Waals surface area contributed by atoms with Crippen LogP contribution in [0.5, 0.6) is 0 Å². The molecule has 3 rings (SSSR count). The molecule has 0 bridgehead atoms. The van der Waals surface area contributed by atoms with Crippen LogP contribution in [-0.2, 0) is 9.59 Å². The fourth-order valence-electron chi connectivity index (χ4n) is 2.27. The van der Waals surface area contributed by atoms with E-state index in [1.54, 1.807) is 12.1 Å². The van der Waals surface area contributed by atoms with E-state index in [1.807, 2.05) is 13.0 Å². The number of amides is 2. The third-order valence-corrected chi connectivity index (χ3v) is 5.15. The third-order valence-electron chi connectivity index (χ3n) is 3.66. The fourth-order valence-corrected chi connectivity index (χ4v) is 3.44. The summed E-state index contributed by atoms with van der Waals surface area (Å²) in [5, 5.41) is 5.75. The number of rotatable bonds is 4. The highest BCUT2D eigenvalue weighted by atomic mass is 35.5. The number of nitrogens with one attached hydrogen (secondary N) is 2. The number of hydrogen-bond acceptors (Lipinski definition) is 4. The van der Waals surface area contributed by atoms with Gasteiger partial charge in [-0.25, -0.2) is 9.38 Å². The molecule has 0 spiro atoms. The molecule has 5 nitrogen and oxygen atoms in total. The Morgan fingerprint density at radius 1 is 1.31 bits per heavy atom. The Hall–Kier alpha value is -2.38. The van der Waals surface area contributed by atoms with Crippen molar-refractivity contribution < 1.29 is 14.0 Å². The fraction of sp³-hybridized carbons (Fsp3) is 0.167. The largest absolute Gasteiger partial charge is 0.326 e. The van der Waals surface area contributed by atoms with Crippen LogP contribution in [0.25, 0.3) is 0 Å². The highest BCUT2D eigenvalue weighted by Gasteiger charge is 2.32. The second kappa shape index (κ2) is 7.88. The number of amidine groups is 1. The Balaban J connectivity index is 1.62. The molecule has 2 N–H and O–H groups in total. The minimum absolute atomic E-state index is 0.0124. The van der Waals surface area contributed by atoms with Gasteiger partial charge in [0.1, 0.15) is 11.1 Å². The molecule has 2 aromatic carbocycles. The number of carbonyl (C=O) groups excluding carboxylic acids is 2. The summed E-state index contributed by atoms with van der Waals surface area (Å²) >= 11 is 7.26. The van der Waals surface area contributed by atoms with E-state index in [1.165, 1.54) is 36.0 Å². The second-order valence-electron chi connectivity index (χ2n) is 5.71. The smallest absolute Gasteiger partial charge is 0.240 e. The lowest BCUT2D eigenvalue weighted by Crippen LogP contribution is -2.28. The Morgan fingerprint density at radius 2 is 2.04 bits per heavy atom. The number of hydrogen-bond donors (Lipinski definition) is 2. The zero-order chi connectivity index (χ0) is 18.7. The van der Waals surface area contributed by atoms with Gasteiger partial charge in [0.2, 0.25) is 11.8 Å². The Labute approximate surface area is 159 Å². The topological polar surface area (TPSA) is 70.6 Å². The molecule has 134 valence electrons. The van der Waals surface area contributed by atoms with E-state index >= 15 is 0 Å². The number of carbonyl (C=O) groups is 2. The van der Waals surface area contributed by atoms with Gasteiger partial charge < -0.3 is 10.6 Å². The third kappa shape index (κ3) is 4.62. The van der Waals surface area contributed by atoms with E-state index in [2.05, 4.69) is 15.6 Å². The highest BCUT2D eigenvalue weighted by Crippen LogP contribution is 2.27. The molecule has 0 saturated carbocycles. The zero-order valence-electron chi connectivity index (χ0n) is 13.8. The minimum Gasteiger partial charge on any atom is -0.326 e. The molecule has 0 aliphatic carbocycles. The van der Waals surface area contributed by atoms with Crippen LogP contribution in [0.1, 0.15) is 12.0 Å². The highest BCUT2D eigenvalue weighted by molar-refractivity contribution is 8.15. The van der Waals surface area contributed by atoms with E-state index < -0.39 is 5.25 Å². The molecule has 1 heterocycles. The number of aryl methyl sites for hydroxylation is 1. The molecule has 0 unspecified atom stereocenters. The molecule has 26 heavy (non-hydrogen) atoms. The number of halogens is 2. The van der Waals surface area contributed by atoms with Gasteiger partial charge in [-0.1, -0.05) is 29.4 Å². The summed E-state index contributed by atoms with van der Waals surface area (Å²) in [4.78, 5) is 28.5. The first kappa shape index (κ1) is 18.4. The standard InChI is InChI=1S/C18H15ClFN3O2S/c1-10-2-5-13(8-14(10)19)22-18-23-17(25)15(26-18)9-16(24)21-12-6-3-11(20)4-7-12/h2-8,15H,9H2,1H3,(H,21,24)(H,22,23,25)/t15-/m0/s1. The van der Waals surface area contributed by atoms with Crippen LogP contribution in [-0.4, -0.2) is 22.2 Å². The molecule has 0 aromatic heterocycles. The monoisotopic (exact) mass is 391 g/mol. The van der Waals surface area contributed by atoms with Crippen molar-refractivity contribution in [1.29, 1.82) is 0 Å². The summed E-state index contributed by atoms with van der Waals surface area (Å²) in [7, 11) is 0. The summed E-state index contributed by atoms with van der Waals surface area (Å²) in [6.45, 7) is 1.89. The van der Waals surface area contributed by atoms with Gasteiger partial charge in [-0.15, -0.1) is 0 Å². The zero-order valence-corrected chi connectivity index (χ0v) is 15.3. The number of benzene rings is 2. The lowest BCUT2D eigenvalue weighted by atomic mass is 10.2. The molecule has 1 saturated heterocycles. The van der Waals surface area contributed by atoms with Crippen molar-refractivity contribution in [2.24, 2.45) is 4.99 Å². The summed E-state index contributed by atoms with van der Waals surface area (Å²) in [6.07, 6.45) is -0.0124. The SMILES string of the molecule is Cc1ccc(N=C2NC(=O)[C@H](CC(=O)Nc3ccc(F)cc3)S2)cc1Cl. The predicted octanol–water partition coefficient (Wildman–Crippen LogP) is 4.04. The molecule has 1 atom stereocenters. The van der Waals surface area contributed by atoms with Gasteiger partial charge in [-0.2, -0.15) is 0 Å². The minimum atomic E-state index is -0.574. The maximum atomic E-state index is 12.9. The average Bonchev–Trinajstić information content (AvgIpc) is 2.92. The Bertz CT molecular complexity index is 887. The van der Waals surface area contributed by atoms with E-state index in [9.17, 15) is 14.0 Å². The first-order chi connectivity index (χ1) is 12.4. The van der Waals surface area contributed by atoms with Crippen molar-refractivity contribution in [1.82, 2.24) is 5.32 Å². The molecule has 1 fully saturated rings. The molecule has 1 aliphatic rings. The maximum absolute atomic E-state index is 12.9. The second-order valence-corrected chi connectivity index (χ2v) is 7.30. The molecular formula is C18H15ClFN3O2S. The lowest BCUT2D eigenvalue weighted by molar-refractivity contribution is -0.122. The Kier molecular flexibility index (Phi) is 5.58. The molecule has 2 amide bonds. The van der Waals surface area contributed by atoms with Crippen LogP contribution >= 0.6 is 23.4 Å². The molecule has 2 aromatic rings. The summed E-state index contributed by atoms with van der Waals surface area (Å²) in [6, 6.07) is 10.8. The van der Waals surface area contributed by atoms with Gasteiger partial charge >= 0.3 is 0 Å². The summed E-state index contributed by atoms with van der Waals surface area (Å²) < 4.78 is 12.9. The van der Waals surface area contributed by atoms with Crippen molar-refractivity contribution in [2.45, 2.75) is 18.6 Å². The summed E-state index contributed by atoms with van der Waals surface area (Å²) in [5.74, 6) is -0.990. The lowest BCUT2D eigenvalue weighted by Gasteiger charge is -2.07. The molecule has 1 aliphatic heterocycles. The van der Waals surface area contributed by atoms with Gasteiger partial charge in [0.05, 0.1) is 5.69 Å². The normalized spacial score (nSPS) is 18.0. The van der Waals surface area contributed by atoms with Gasteiger partial charge in [0.25, 0.3) is 0 Å². The molecule has 8 heteroatoms. The van der Waals surface area contributed by atoms with Crippen LogP contribution in [0.15, 0.2) is 47.5 Å². The van der Waals surface area contributed by atoms with Crippen LogP contribution in [0, 0.1) is 12.7 Å². The van der Waals surface area contributed by atoms with Crippen molar-refractivity contribution >= 4 is 51.7 Å². The van der Waals surface area contributed by atoms with Gasteiger partial charge in [-0.05, 0) is 48.9 Å². The van der Waals surface area contributed by atoms with E-state index in [-0.39, 0.29) is 24.1 Å². The average molecular weight is 392 g/mol. The Morgan fingerprint density at radius 3 is 2.73 bits per heavy atom. The van der Waals surface area contributed by atoms with Crippen molar-refractivity contribution in [3.8, 4) is 0 Å². The van der Waals surface area contributed by atoms with E-state index in [4.69, 9.17) is 11.6 Å². The number of thioether (sulfide) groups is 1. The van der Waals surface area contributed by atoms with Gasteiger partial charge in [-0.3, -0.25) is 9.59 Å². The van der Waals surface area contributed by atoms with E-state index in [0.717, 1.165) is 5.56 Å². The van der Waals surface area contributed by atoms with Crippen LogP contribution < -0.4 is 10.6 Å². The molecular weight excluding hydrogens is 377 g/mol. The van der Waals surface area contributed by atoms with Crippen molar-refractivity contribution in [2.75, 3.05) is 5.32 Å². The van der Waals surface area contributed by atoms with Gasteiger partial charge in [0, 0.05) is 17.1 Å². The quantitative estimate of drug-likeness (QED) is 0.826. The van der Waals surface area contributed by atoms with Gasteiger partial charge in [0.15, 0.2) is 5.17 Å². The number of nitrogens with zero attached hydrogens (tertiary/aromatic N) is 1. The first-order valence-corrected chi connectivity index (χ1v) is 9.04. The van der Waals surface area contributed by atoms with E-state index in [0.29, 0.717) is 21.6 Å². The predicted molar refractivity (Wildman–Crippen MR) is 102 cm³/mol. The summed E-state index contributed by atoms with van der Waals surface area (Å²) in [5.41, 5.74) is 2.04. The number of anilines is 1.